The smallest absolute Gasteiger partial charge is 0.229 e. The number of piperidine rings is 1. The fraction of sp³-hybridized carbons (Fsp3) is 0.917. The van der Waals surface area contributed by atoms with Gasteiger partial charge in [-0.2, -0.15) is 0 Å². The summed E-state index contributed by atoms with van der Waals surface area (Å²) in [7, 11) is 4.15. The standard InChI is InChI=1S/C12H25N3O.2ClH/c1-12(2,9-13)11(16)15-7-5-6-10(8-15)14(3)4;;/h10H,5-9,13H2,1-4H3;2*1H. The molecule has 0 saturated carbocycles. The number of carbonyl (C=O) groups is 1. The Morgan fingerprint density at radius 3 is 2.39 bits per heavy atom. The van der Waals surface area contributed by atoms with Crippen LogP contribution in [0.25, 0.3) is 0 Å². The van der Waals surface area contributed by atoms with Crippen molar-refractivity contribution in [3.05, 3.63) is 0 Å². The first-order valence-electron chi connectivity index (χ1n) is 6.04. The molecule has 1 amide bonds. The molecule has 4 nitrogen and oxygen atoms in total. The predicted octanol–water partition coefficient (Wildman–Crippen LogP) is 1.37. The lowest BCUT2D eigenvalue weighted by atomic mass is 9.90. The molecule has 1 heterocycles. The summed E-state index contributed by atoms with van der Waals surface area (Å²) in [6.45, 7) is 5.99. The molecule has 18 heavy (non-hydrogen) atoms. The molecule has 1 saturated heterocycles. The Morgan fingerprint density at radius 1 is 1.39 bits per heavy atom. The SMILES string of the molecule is CN(C)C1CCCN(C(=O)C(C)(C)CN)C1.Cl.Cl. The molecule has 0 aromatic carbocycles. The van der Waals surface area contributed by atoms with Crippen molar-refractivity contribution >= 4 is 30.7 Å². The summed E-state index contributed by atoms with van der Waals surface area (Å²) >= 11 is 0. The van der Waals surface area contributed by atoms with Crippen LogP contribution in [-0.4, -0.2) is 55.5 Å². The molecule has 0 bridgehead atoms. The normalized spacial score (nSPS) is 20.1. The third-order valence-electron chi connectivity index (χ3n) is 3.50. The molecule has 1 rings (SSSR count). The van der Waals surface area contributed by atoms with Gasteiger partial charge in [0, 0.05) is 25.7 Å². The van der Waals surface area contributed by atoms with Crippen LogP contribution < -0.4 is 5.73 Å². The van der Waals surface area contributed by atoms with E-state index < -0.39 is 5.41 Å². The minimum Gasteiger partial charge on any atom is -0.341 e. The minimum absolute atomic E-state index is 0. The van der Waals surface area contributed by atoms with Crippen molar-refractivity contribution in [3.8, 4) is 0 Å². The summed E-state index contributed by atoms with van der Waals surface area (Å²) in [6.07, 6.45) is 2.27. The van der Waals surface area contributed by atoms with Crippen LogP contribution in [0, 0.1) is 5.41 Å². The summed E-state index contributed by atoms with van der Waals surface area (Å²) in [4.78, 5) is 16.4. The second-order valence-electron chi connectivity index (χ2n) is 5.60. The molecular formula is C12H27Cl2N3O. The van der Waals surface area contributed by atoms with Gasteiger partial charge < -0.3 is 15.5 Å². The zero-order valence-electron chi connectivity index (χ0n) is 11.8. The van der Waals surface area contributed by atoms with Crippen molar-refractivity contribution in [3.63, 3.8) is 0 Å². The summed E-state index contributed by atoms with van der Waals surface area (Å²) in [5.41, 5.74) is 5.23. The van der Waals surface area contributed by atoms with Crippen LogP contribution in [0.5, 0.6) is 0 Å². The molecule has 1 unspecified atom stereocenters. The highest BCUT2D eigenvalue weighted by Crippen LogP contribution is 2.21. The second-order valence-corrected chi connectivity index (χ2v) is 5.60. The highest BCUT2D eigenvalue weighted by Gasteiger charge is 2.33. The Hall–Kier alpha value is -0.0300. The third kappa shape index (κ3) is 4.92. The molecule has 110 valence electrons. The summed E-state index contributed by atoms with van der Waals surface area (Å²) in [5, 5.41) is 0. The Balaban J connectivity index is 0. The predicted molar refractivity (Wildman–Crippen MR) is 80.6 cm³/mol. The topological polar surface area (TPSA) is 49.6 Å². The Bertz CT molecular complexity index is 260. The molecule has 1 fully saturated rings. The van der Waals surface area contributed by atoms with Crippen LogP contribution in [0.15, 0.2) is 0 Å². The number of hydrogen-bond donors (Lipinski definition) is 1. The number of rotatable bonds is 3. The third-order valence-corrected chi connectivity index (χ3v) is 3.50. The number of nitrogens with two attached hydrogens (primary N) is 1. The maximum atomic E-state index is 12.2. The maximum Gasteiger partial charge on any atom is 0.229 e. The van der Waals surface area contributed by atoms with Crippen molar-refractivity contribution in [1.82, 2.24) is 9.80 Å². The van der Waals surface area contributed by atoms with Crippen molar-refractivity contribution in [2.75, 3.05) is 33.7 Å². The number of hydrogen-bond acceptors (Lipinski definition) is 3. The van der Waals surface area contributed by atoms with E-state index in [4.69, 9.17) is 5.73 Å². The number of nitrogens with zero attached hydrogens (tertiary/aromatic N) is 2. The van der Waals surface area contributed by atoms with Crippen LogP contribution in [0.2, 0.25) is 0 Å². The molecule has 0 aromatic rings. The number of halogens is 2. The van der Waals surface area contributed by atoms with Crippen molar-refractivity contribution in [2.24, 2.45) is 11.1 Å². The quantitative estimate of drug-likeness (QED) is 0.856. The van der Waals surface area contributed by atoms with E-state index in [1.54, 1.807) is 0 Å². The summed E-state index contributed by atoms with van der Waals surface area (Å²) < 4.78 is 0. The first kappa shape index (κ1) is 20.3. The zero-order valence-corrected chi connectivity index (χ0v) is 13.4. The van der Waals surface area contributed by atoms with Gasteiger partial charge in [0.05, 0.1) is 5.41 Å². The average Bonchev–Trinajstić information content (AvgIpc) is 2.28. The van der Waals surface area contributed by atoms with Crippen molar-refractivity contribution in [2.45, 2.75) is 32.7 Å². The van der Waals surface area contributed by atoms with E-state index in [9.17, 15) is 4.79 Å². The number of likely N-dealkylation sites (tertiary alicyclic amines) is 1. The maximum absolute atomic E-state index is 12.2. The molecular weight excluding hydrogens is 273 g/mol. The molecule has 0 spiro atoms. The van der Waals surface area contributed by atoms with Gasteiger partial charge in [-0.15, -0.1) is 24.8 Å². The molecule has 1 atom stereocenters. The summed E-state index contributed by atoms with van der Waals surface area (Å²) in [6, 6.07) is 0.492. The van der Waals surface area contributed by atoms with E-state index in [1.807, 2.05) is 18.7 Å². The van der Waals surface area contributed by atoms with Crippen molar-refractivity contribution < 1.29 is 4.79 Å². The van der Waals surface area contributed by atoms with Gasteiger partial charge in [0.1, 0.15) is 0 Å². The monoisotopic (exact) mass is 299 g/mol. The van der Waals surface area contributed by atoms with Gasteiger partial charge in [0.15, 0.2) is 0 Å². The van der Waals surface area contributed by atoms with E-state index in [-0.39, 0.29) is 30.7 Å². The molecule has 1 aliphatic heterocycles. The van der Waals surface area contributed by atoms with Crippen LogP contribution >= 0.6 is 24.8 Å². The van der Waals surface area contributed by atoms with Gasteiger partial charge in [0.25, 0.3) is 0 Å². The lowest BCUT2D eigenvalue weighted by Crippen LogP contribution is -2.52. The van der Waals surface area contributed by atoms with Crippen LogP contribution in [0.1, 0.15) is 26.7 Å². The zero-order chi connectivity index (χ0) is 12.3. The van der Waals surface area contributed by atoms with E-state index >= 15 is 0 Å². The van der Waals surface area contributed by atoms with Crippen LogP contribution in [0.4, 0.5) is 0 Å². The average molecular weight is 300 g/mol. The number of carbonyl (C=O) groups excluding carboxylic acids is 1. The molecule has 0 radical (unpaired) electrons. The lowest BCUT2D eigenvalue weighted by Gasteiger charge is -2.39. The Kier molecular flexibility index (Phi) is 9.25. The fourth-order valence-electron chi connectivity index (χ4n) is 2.08. The first-order valence-corrected chi connectivity index (χ1v) is 6.04. The Labute approximate surface area is 123 Å². The molecule has 6 heteroatoms. The molecule has 0 aromatic heterocycles. The Morgan fingerprint density at radius 2 is 1.94 bits per heavy atom. The van der Waals surface area contributed by atoms with E-state index in [0.29, 0.717) is 12.6 Å². The summed E-state index contributed by atoms with van der Waals surface area (Å²) in [5.74, 6) is 0.196. The number of amides is 1. The van der Waals surface area contributed by atoms with Gasteiger partial charge in [-0.3, -0.25) is 4.79 Å². The highest BCUT2D eigenvalue weighted by molar-refractivity contribution is 5.85. The van der Waals surface area contributed by atoms with Gasteiger partial charge in [-0.1, -0.05) is 0 Å². The first-order chi connectivity index (χ1) is 7.38. The van der Waals surface area contributed by atoms with Crippen LogP contribution in [-0.2, 0) is 4.79 Å². The van der Waals surface area contributed by atoms with Gasteiger partial charge in [0.2, 0.25) is 5.91 Å². The largest absolute Gasteiger partial charge is 0.341 e. The molecule has 2 N–H and O–H groups in total. The van der Waals surface area contributed by atoms with E-state index in [1.165, 1.54) is 6.42 Å². The van der Waals surface area contributed by atoms with Gasteiger partial charge in [-0.25, -0.2) is 0 Å². The lowest BCUT2D eigenvalue weighted by molar-refractivity contribution is -0.141. The second kappa shape index (κ2) is 8.20. The van der Waals surface area contributed by atoms with Gasteiger partial charge in [-0.05, 0) is 40.8 Å². The minimum atomic E-state index is -0.422. The molecule has 0 aliphatic carbocycles. The fourth-order valence-corrected chi connectivity index (χ4v) is 2.08. The highest BCUT2D eigenvalue weighted by atomic mass is 35.5. The van der Waals surface area contributed by atoms with E-state index in [2.05, 4.69) is 19.0 Å². The van der Waals surface area contributed by atoms with Crippen LogP contribution in [0.3, 0.4) is 0 Å². The number of likely N-dealkylation sites (N-methyl/N-ethyl adjacent to an activating group) is 1. The van der Waals surface area contributed by atoms with Crippen molar-refractivity contribution in [1.29, 1.82) is 0 Å². The molecule has 1 aliphatic rings. The van der Waals surface area contributed by atoms with Gasteiger partial charge >= 0.3 is 0 Å². The van der Waals surface area contributed by atoms with E-state index in [0.717, 1.165) is 19.5 Å².